The molecule has 2 aromatic carbocycles. The molecule has 2 aliphatic heterocycles. The fraction of sp³-hybridized carbons (Fsp3) is 0.259. The topological polar surface area (TPSA) is 109 Å². The van der Waals surface area contributed by atoms with Crippen LogP contribution in [0.25, 0.3) is 11.6 Å². The summed E-state index contributed by atoms with van der Waals surface area (Å²) in [6.07, 6.45) is 1.65. The minimum atomic E-state index is -3.83. The van der Waals surface area contributed by atoms with Gasteiger partial charge in [0.25, 0.3) is 11.8 Å². The van der Waals surface area contributed by atoms with Gasteiger partial charge in [-0.15, -0.1) is 0 Å². The van der Waals surface area contributed by atoms with Crippen LogP contribution in [-0.4, -0.2) is 56.4 Å². The molecule has 3 heterocycles. The van der Waals surface area contributed by atoms with Crippen molar-refractivity contribution >= 4 is 62.2 Å². The number of nitrogens with one attached hydrogen (secondary N) is 2. The van der Waals surface area contributed by atoms with Gasteiger partial charge in [0, 0.05) is 51.3 Å². The summed E-state index contributed by atoms with van der Waals surface area (Å²) >= 11 is 12.4. The third-order valence-electron chi connectivity index (χ3n) is 6.81. The summed E-state index contributed by atoms with van der Waals surface area (Å²) in [6, 6.07) is 9.31. The highest BCUT2D eigenvalue weighted by molar-refractivity contribution is 7.90. The number of halogens is 2. The Morgan fingerprint density at radius 2 is 1.79 bits per heavy atom. The normalized spacial score (nSPS) is 16.6. The van der Waals surface area contributed by atoms with E-state index in [1.165, 1.54) is 12.1 Å². The maximum absolute atomic E-state index is 13.3. The van der Waals surface area contributed by atoms with Crippen LogP contribution in [0.1, 0.15) is 38.4 Å². The molecule has 0 atom stereocenters. The molecule has 0 bridgehead atoms. The molecule has 0 unspecified atom stereocenters. The second-order valence-electron chi connectivity index (χ2n) is 9.25. The molecule has 11 heteroatoms. The Bertz CT molecular complexity index is 1580. The number of anilines is 1. The molecular formula is C27H25Cl2N3O5S. The predicted molar refractivity (Wildman–Crippen MR) is 147 cm³/mol. The van der Waals surface area contributed by atoms with Gasteiger partial charge in [-0.25, -0.2) is 8.42 Å². The largest absolute Gasteiger partial charge is 0.378 e. The number of carbonyl (C=O) groups is 2. The lowest BCUT2D eigenvalue weighted by Crippen LogP contribution is -2.41. The van der Waals surface area contributed by atoms with E-state index in [1.54, 1.807) is 35.2 Å². The molecule has 0 saturated carbocycles. The lowest BCUT2D eigenvalue weighted by atomic mass is 10.0. The zero-order valence-electron chi connectivity index (χ0n) is 20.7. The van der Waals surface area contributed by atoms with E-state index < -0.39 is 9.84 Å². The number of aromatic nitrogens is 1. The molecular weight excluding hydrogens is 549 g/mol. The van der Waals surface area contributed by atoms with Gasteiger partial charge in [-0.1, -0.05) is 29.3 Å². The Labute approximate surface area is 230 Å². The molecule has 2 amide bonds. The number of morpholine rings is 1. The Kier molecular flexibility index (Phi) is 7.13. The van der Waals surface area contributed by atoms with Gasteiger partial charge in [-0.05, 0) is 55.8 Å². The van der Waals surface area contributed by atoms with Gasteiger partial charge in [0.15, 0.2) is 9.84 Å². The zero-order valence-corrected chi connectivity index (χ0v) is 23.1. The predicted octanol–water partition coefficient (Wildman–Crippen LogP) is 4.88. The van der Waals surface area contributed by atoms with Crippen molar-refractivity contribution in [3.8, 4) is 0 Å². The maximum atomic E-state index is 13.3. The molecule has 8 nitrogen and oxygen atoms in total. The van der Waals surface area contributed by atoms with E-state index in [0.29, 0.717) is 71.2 Å². The van der Waals surface area contributed by atoms with Gasteiger partial charge in [0.2, 0.25) is 0 Å². The molecule has 3 aromatic rings. The number of aryl methyl sites for hydroxylation is 1. The molecule has 5 rings (SSSR count). The number of amides is 2. The monoisotopic (exact) mass is 573 g/mol. The molecule has 2 N–H and O–H groups in total. The minimum Gasteiger partial charge on any atom is -0.378 e. The van der Waals surface area contributed by atoms with E-state index in [4.69, 9.17) is 27.9 Å². The molecule has 0 radical (unpaired) electrons. The van der Waals surface area contributed by atoms with Crippen molar-refractivity contribution in [1.29, 1.82) is 0 Å². The second-order valence-corrected chi connectivity index (χ2v) is 12.1. The van der Waals surface area contributed by atoms with Crippen LogP contribution in [0, 0.1) is 13.8 Å². The van der Waals surface area contributed by atoms with Crippen LogP contribution < -0.4 is 5.32 Å². The highest BCUT2D eigenvalue weighted by Gasteiger charge is 2.29. The van der Waals surface area contributed by atoms with E-state index in [9.17, 15) is 18.0 Å². The quantitative estimate of drug-likeness (QED) is 0.423. The number of benzene rings is 2. The first-order chi connectivity index (χ1) is 18.1. The number of hydrogen-bond acceptors (Lipinski definition) is 5. The molecule has 38 heavy (non-hydrogen) atoms. The first-order valence-electron chi connectivity index (χ1n) is 12.0. The van der Waals surface area contributed by atoms with E-state index in [0.717, 1.165) is 0 Å². The van der Waals surface area contributed by atoms with Crippen LogP contribution in [0.4, 0.5) is 5.69 Å². The van der Waals surface area contributed by atoms with Crippen LogP contribution >= 0.6 is 23.2 Å². The highest BCUT2D eigenvalue weighted by atomic mass is 35.5. The fourth-order valence-corrected chi connectivity index (χ4v) is 6.88. The summed E-state index contributed by atoms with van der Waals surface area (Å²) in [6.45, 7) is 5.67. The first-order valence-corrected chi connectivity index (χ1v) is 14.4. The molecule has 0 aliphatic carbocycles. The van der Waals surface area contributed by atoms with E-state index >= 15 is 0 Å². The van der Waals surface area contributed by atoms with Gasteiger partial charge >= 0.3 is 0 Å². The fourth-order valence-electron chi connectivity index (χ4n) is 4.76. The summed E-state index contributed by atoms with van der Waals surface area (Å²) in [4.78, 5) is 31.1. The summed E-state index contributed by atoms with van der Waals surface area (Å²) in [5.74, 6) is -0.837. The lowest BCUT2D eigenvalue weighted by molar-refractivity contribution is -0.110. The summed E-state index contributed by atoms with van der Waals surface area (Å²) in [7, 11) is -3.83. The van der Waals surface area contributed by atoms with Crippen LogP contribution in [-0.2, 0) is 25.1 Å². The number of rotatable bonds is 5. The summed E-state index contributed by atoms with van der Waals surface area (Å²) in [5, 5.41) is 3.31. The molecule has 1 aromatic heterocycles. The number of sulfone groups is 1. The van der Waals surface area contributed by atoms with Gasteiger partial charge in [0.1, 0.15) is 0 Å². The van der Waals surface area contributed by atoms with E-state index in [-0.39, 0.29) is 32.5 Å². The van der Waals surface area contributed by atoms with Gasteiger partial charge in [-0.3, -0.25) is 9.59 Å². The van der Waals surface area contributed by atoms with Gasteiger partial charge in [0.05, 0.1) is 35.0 Å². The van der Waals surface area contributed by atoms with Crippen LogP contribution in [0.5, 0.6) is 0 Å². The lowest BCUT2D eigenvalue weighted by Gasteiger charge is -2.27. The van der Waals surface area contributed by atoms with E-state index in [2.05, 4.69) is 10.3 Å². The number of ether oxygens (including phenoxy) is 1. The highest BCUT2D eigenvalue weighted by Crippen LogP contribution is 2.37. The van der Waals surface area contributed by atoms with Crippen molar-refractivity contribution in [1.82, 2.24) is 9.88 Å². The van der Waals surface area contributed by atoms with Gasteiger partial charge < -0.3 is 19.9 Å². The van der Waals surface area contributed by atoms with Crippen molar-refractivity contribution in [2.45, 2.75) is 24.5 Å². The van der Waals surface area contributed by atoms with Crippen molar-refractivity contribution in [2.24, 2.45) is 0 Å². The van der Waals surface area contributed by atoms with Crippen molar-refractivity contribution in [2.75, 3.05) is 31.6 Å². The van der Waals surface area contributed by atoms with Crippen LogP contribution in [0.3, 0.4) is 0 Å². The molecule has 198 valence electrons. The number of H-pyrrole nitrogens is 1. The standard InChI is InChI=1S/C27H25Cl2N3O5S/c1-15-24(30-16(2)25(15)27(34)32-8-10-37-11-9-32)13-19-18-12-17(6-7-23(18)31-26(19)33)38(35,36)14-20-21(28)4-3-5-22(20)29/h3-7,12-13,30H,8-11,14H2,1-2H3,(H,31,33). The Morgan fingerprint density at radius 3 is 2.47 bits per heavy atom. The average Bonchev–Trinajstić information content (AvgIpc) is 3.35. The number of nitrogens with zero attached hydrogens (tertiary/aromatic N) is 1. The maximum Gasteiger partial charge on any atom is 0.256 e. The van der Waals surface area contributed by atoms with E-state index in [1.807, 2.05) is 13.8 Å². The molecule has 1 fully saturated rings. The first kappa shape index (κ1) is 26.5. The smallest absolute Gasteiger partial charge is 0.256 e. The SMILES string of the molecule is Cc1[nH]c(C=C2C(=O)Nc3ccc(S(=O)(=O)Cc4c(Cl)cccc4Cl)cc32)c(C)c1C(=O)N1CCOCC1. The van der Waals surface area contributed by atoms with Crippen molar-refractivity contribution in [3.05, 3.63) is 80.1 Å². The number of fused-ring (bicyclic) bond motifs is 1. The second kappa shape index (κ2) is 10.2. The number of aromatic amines is 1. The third kappa shape index (κ3) is 4.87. The number of carbonyl (C=O) groups excluding carboxylic acids is 2. The minimum absolute atomic E-state index is 0.0391. The van der Waals surface area contributed by atoms with Crippen LogP contribution in [0.15, 0.2) is 41.3 Å². The average molecular weight is 574 g/mol. The Balaban J connectivity index is 1.50. The van der Waals surface area contributed by atoms with Gasteiger partial charge in [-0.2, -0.15) is 0 Å². The molecule has 2 aliphatic rings. The van der Waals surface area contributed by atoms with Crippen molar-refractivity contribution < 1.29 is 22.7 Å². The molecule has 1 saturated heterocycles. The Morgan fingerprint density at radius 1 is 1.11 bits per heavy atom. The zero-order chi connectivity index (χ0) is 27.2. The summed E-state index contributed by atoms with van der Waals surface area (Å²) in [5.41, 5.74) is 4.13. The Hall–Kier alpha value is -3.11. The number of hydrogen-bond donors (Lipinski definition) is 2. The summed E-state index contributed by atoms with van der Waals surface area (Å²) < 4.78 is 31.9. The van der Waals surface area contributed by atoms with Crippen molar-refractivity contribution in [3.63, 3.8) is 0 Å². The van der Waals surface area contributed by atoms with Crippen LogP contribution in [0.2, 0.25) is 10.0 Å². The molecule has 0 spiro atoms. The third-order valence-corrected chi connectivity index (χ3v) is 9.16.